The smallest absolute Gasteiger partial charge is 0.139 e. The maximum absolute atomic E-state index is 6.23. The van der Waals surface area contributed by atoms with E-state index in [1.165, 1.54) is 5.56 Å². The molecule has 2 rings (SSSR count). The topological polar surface area (TPSA) is 35.2 Å². The van der Waals surface area contributed by atoms with Gasteiger partial charge in [0.15, 0.2) is 0 Å². The van der Waals surface area contributed by atoms with Crippen molar-refractivity contribution in [1.82, 2.24) is 0 Å². The molecule has 2 N–H and O–H groups in total. The molecule has 0 saturated carbocycles. The maximum atomic E-state index is 6.23. The summed E-state index contributed by atoms with van der Waals surface area (Å²) >= 11 is 6.17. The number of para-hydroxylation sites is 1. The van der Waals surface area contributed by atoms with E-state index in [0.717, 1.165) is 12.0 Å². The first-order valence-corrected chi connectivity index (χ1v) is 7.23. The van der Waals surface area contributed by atoms with Crippen molar-refractivity contribution in [3.05, 3.63) is 64.7 Å². The Morgan fingerprint density at radius 3 is 2.55 bits per heavy atom. The molecule has 0 spiro atoms. The van der Waals surface area contributed by atoms with Gasteiger partial charge in [0.1, 0.15) is 11.9 Å². The van der Waals surface area contributed by atoms with Crippen LogP contribution in [0.25, 0.3) is 0 Å². The molecule has 0 radical (unpaired) electrons. The molecule has 0 aliphatic rings. The maximum Gasteiger partial charge on any atom is 0.139 e. The van der Waals surface area contributed by atoms with Gasteiger partial charge in [0.05, 0.1) is 5.02 Å². The van der Waals surface area contributed by atoms with Crippen LogP contribution in [0.2, 0.25) is 5.02 Å². The van der Waals surface area contributed by atoms with Gasteiger partial charge in [-0.1, -0.05) is 60.5 Å². The van der Waals surface area contributed by atoms with Crippen LogP contribution in [-0.2, 0) is 0 Å². The number of hydrogen-bond donors (Lipinski definition) is 1. The van der Waals surface area contributed by atoms with Crippen molar-refractivity contribution in [2.24, 2.45) is 5.73 Å². The van der Waals surface area contributed by atoms with Crippen molar-refractivity contribution >= 4 is 11.6 Å². The predicted octanol–water partition coefficient (Wildman–Crippen LogP) is 4.51. The third-order valence-electron chi connectivity index (χ3n) is 3.32. The second-order valence-corrected chi connectivity index (χ2v) is 5.36. The lowest BCUT2D eigenvalue weighted by atomic mass is 9.99. The molecule has 2 unspecified atom stereocenters. The first-order chi connectivity index (χ1) is 9.61. The van der Waals surface area contributed by atoms with E-state index >= 15 is 0 Å². The van der Waals surface area contributed by atoms with Gasteiger partial charge in [-0.25, -0.2) is 0 Å². The lowest BCUT2D eigenvalue weighted by molar-refractivity contribution is 0.171. The zero-order valence-electron chi connectivity index (χ0n) is 11.8. The van der Waals surface area contributed by atoms with Gasteiger partial charge < -0.3 is 10.5 Å². The van der Waals surface area contributed by atoms with E-state index in [2.05, 4.69) is 26.0 Å². The molecule has 2 nitrogen and oxygen atoms in total. The van der Waals surface area contributed by atoms with Crippen molar-refractivity contribution in [2.75, 3.05) is 0 Å². The minimum atomic E-state index is -0.195. The summed E-state index contributed by atoms with van der Waals surface area (Å²) in [5, 5.41) is 0.605. The van der Waals surface area contributed by atoms with Gasteiger partial charge >= 0.3 is 0 Å². The van der Waals surface area contributed by atoms with Gasteiger partial charge in [-0.05, 0) is 31.0 Å². The third-order valence-corrected chi connectivity index (χ3v) is 3.63. The summed E-state index contributed by atoms with van der Waals surface area (Å²) in [6.07, 6.45) is 0.642. The molecule has 0 aliphatic carbocycles. The van der Waals surface area contributed by atoms with Crippen LogP contribution >= 0.6 is 11.6 Å². The van der Waals surface area contributed by atoms with E-state index in [1.807, 2.05) is 36.4 Å². The number of aryl methyl sites for hydroxylation is 1. The second-order valence-electron chi connectivity index (χ2n) is 4.96. The Morgan fingerprint density at radius 2 is 1.90 bits per heavy atom. The van der Waals surface area contributed by atoms with Crippen molar-refractivity contribution in [1.29, 1.82) is 0 Å². The Labute approximate surface area is 125 Å². The lowest BCUT2D eigenvalue weighted by Gasteiger charge is -2.25. The summed E-state index contributed by atoms with van der Waals surface area (Å²) in [5.41, 5.74) is 8.50. The van der Waals surface area contributed by atoms with E-state index in [-0.39, 0.29) is 12.1 Å². The van der Waals surface area contributed by atoms with Gasteiger partial charge in [0.2, 0.25) is 0 Å². The first kappa shape index (κ1) is 14.9. The Morgan fingerprint density at radius 1 is 1.15 bits per heavy atom. The summed E-state index contributed by atoms with van der Waals surface area (Å²) in [6, 6.07) is 15.6. The molecule has 0 bridgehead atoms. The number of halogens is 1. The Balaban J connectivity index is 2.31. The molecular formula is C17H20ClNO. The fraction of sp³-hybridized carbons (Fsp3) is 0.294. The van der Waals surface area contributed by atoms with Gasteiger partial charge in [-0.3, -0.25) is 0 Å². The van der Waals surface area contributed by atoms with Gasteiger partial charge in [-0.2, -0.15) is 0 Å². The molecule has 106 valence electrons. The molecule has 0 aliphatic heterocycles. The average Bonchev–Trinajstić information content (AvgIpc) is 2.45. The summed E-state index contributed by atoms with van der Waals surface area (Å²) < 4.78 is 6.08. The number of rotatable bonds is 5. The molecule has 2 aromatic carbocycles. The van der Waals surface area contributed by atoms with Crippen LogP contribution in [0.15, 0.2) is 48.5 Å². The highest BCUT2D eigenvalue weighted by Crippen LogP contribution is 2.30. The standard InChI is InChI=1S/C17H20ClNO/c1-3-15(19)17(13-8-6-7-12(2)11-13)20-16-10-5-4-9-14(16)18/h4-11,15,17H,3,19H2,1-2H3. The van der Waals surface area contributed by atoms with Crippen LogP contribution in [0.1, 0.15) is 30.6 Å². The largest absolute Gasteiger partial charge is 0.483 e. The summed E-state index contributed by atoms with van der Waals surface area (Å²) in [4.78, 5) is 0. The lowest BCUT2D eigenvalue weighted by Crippen LogP contribution is -2.31. The summed E-state index contributed by atoms with van der Waals surface area (Å²) in [6.45, 7) is 4.12. The molecule has 0 amide bonds. The van der Waals surface area contributed by atoms with Gasteiger partial charge in [-0.15, -0.1) is 0 Å². The highest BCUT2D eigenvalue weighted by Gasteiger charge is 2.21. The SMILES string of the molecule is CCC(N)C(Oc1ccccc1Cl)c1cccc(C)c1. The van der Waals surface area contributed by atoms with Crippen LogP contribution in [-0.4, -0.2) is 6.04 Å². The van der Waals surface area contributed by atoms with Crippen LogP contribution in [0.3, 0.4) is 0 Å². The number of benzene rings is 2. The van der Waals surface area contributed by atoms with E-state index in [1.54, 1.807) is 0 Å². The van der Waals surface area contributed by atoms with E-state index in [0.29, 0.717) is 10.8 Å². The van der Waals surface area contributed by atoms with Gasteiger partial charge in [0, 0.05) is 6.04 Å². The molecule has 0 fully saturated rings. The molecule has 2 atom stereocenters. The molecule has 0 heterocycles. The van der Waals surface area contributed by atoms with Crippen molar-refractivity contribution in [3.63, 3.8) is 0 Å². The van der Waals surface area contributed by atoms with Crippen LogP contribution in [0.5, 0.6) is 5.75 Å². The fourth-order valence-electron chi connectivity index (χ4n) is 2.14. The predicted molar refractivity (Wildman–Crippen MR) is 84.3 cm³/mol. The number of hydrogen-bond acceptors (Lipinski definition) is 2. The summed E-state index contributed by atoms with van der Waals surface area (Å²) in [7, 11) is 0. The highest BCUT2D eigenvalue weighted by atomic mass is 35.5. The first-order valence-electron chi connectivity index (χ1n) is 6.85. The Kier molecular flexibility index (Phi) is 5.05. The number of nitrogens with two attached hydrogens (primary N) is 1. The molecule has 2 aromatic rings. The molecule has 0 aromatic heterocycles. The quantitative estimate of drug-likeness (QED) is 0.879. The highest BCUT2D eigenvalue weighted by molar-refractivity contribution is 6.32. The average molecular weight is 290 g/mol. The minimum Gasteiger partial charge on any atom is -0.483 e. The van der Waals surface area contributed by atoms with Crippen LogP contribution in [0, 0.1) is 6.92 Å². The Hall–Kier alpha value is -1.51. The summed E-state index contributed by atoms with van der Waals surface area (Å²) in [5.74, 6) is 0.671. The third kappa shape index (κ3) is 3.53. The molecule has 0 saturated heterocycles. The monoisotopic (exact) mass is 289 g/mol. The van der Waals surface area contributed by atoms with Crippen molar-refractivity contribution < 1.29 is 4.74 Å². The van der Waals surface area contributed by atoms with Gasteiger partial charge in [0.25, 0.3) is 0 Å². The van der Waals surface area contributed by atoms with Crippen molar-refractivity contribution in [2.45, 2.75) is 32.4 Å². The fourth-order valence-corrected chi connectivity index (χ4v) is 2.32. The van der Waals surface area contributed by atoms with E-state index < -0.39 is 0 Å². The van der Waals surface area contributed by atoms with Crippen LogP contribution < -0.4 is 10.5 Å². The van der Waals surface area contributed by atoms with E-state index in [4.69, 9.17) is 22.1 Å². The second kappa shape index (κ2) is 6.78. The zero-order valence-corrected chi connectivity index (χ0v) is 12.6. The van der Waals surface area contributed by atoms with Crippen molar-refractivity contribution in [3.8, 4) is 5.75 Å². The molecule has 3 heteroatoms. The molecule has 20 heavy (non-hydrogen) atoms. The Bertz CT molecular complexity index is 570. The number of ether oxygens (including phenoxy) is 1. The molecular weight excluding hydrogens is 270 g/mol. The minimum absolute atomic E-state index is 0.0759. The normalized spacial score (nSPS) is 13.8. The van der Waals surface area contributed by atoms with E-state index in [9.17, 15) is 0 Å². The van der Waals surface area contributed by atoms with Crippen LogP contribution in [0.4, 0.5) is 0 Å². The zero-order chi connectivity index (χ0) is 14.5.